The second-order valence-corrected chi connectivity index (χ2v) is 6.35. The highest BCUT2D eigenvalue weighted by Gasteiger charge is 2.18. The smallest absolute Gasteiger partial charge is 0.381 e. The maximum Gasteiger partial charge on any atom is 0.438 e. The van der Waals surface area contributed by atoms with Crippen LogP contribution in [0.1, 0.15) is 18.9 Å². The lowest BCUT2D eigenvalue weighted by molar-refractivity contribution is -0.0303. The topological polar surface area (TPSA) is 24.1 Å². The highest BCUT2D eigenvalue weighted by molar-refractivity contribution is 7.81. The summed E-state index contributed by atoms with van der Waals surface area (Å²) >= 11 is 2.12. The van der Waals surface area contributed by atoms with E-state index in [-0.39, 0.29) is 0 Å². The molecule has 1 aliphatic heterocycles. The molecule has 2 nitrogen and oxygen atoms in total. The molecular formula is C19H25F3N2S. The molecule has 1 aliphatic rings. The van der Waals surface area contributed by atoms with Crippen molar-refractivity contribution in [3.8, 4) is 0 Å². The number of aryl methyl sites for hydroxylation is 1. The Kier molecular flexibility index (Phi) is 8.86. The molecule has 0 spiro atoms. The molecule has 25 heavy (non-hydrogen) atoms. The molecule has 0 saturated carbocycles. The number of hydrogen-bond acceptors (Lipinski definition) is 3. The molecule has 0 radical (unpaired) electrons. The predicted octanol–water partition coefficient (Wildman–Crippen LogP) is 4.63. The molecule has 2 rings (SSSR count). The van der Waals surface area contributed by atoms with Gasteiger partial charge in [-0.05, 0) is 37.0 Å². The summed E-state index contributed by atoms with van der Waals surface area (Å²) in [5, 5.41) is 7.11. The fourth-order valence-electron chi connectivity index (χ4n) is 2.55. The van der Waals surface area contributed by atoms with Gasteiger partial charge in [-0.25, -0.2) is 0 Å². The van der Waals surface area contributed by atoms with Crippen LogP contribution in [0.3, 0.4) is 0 Å². The van der Waals surface area contributed by atoms with Crippen LogP contribution in [-0.2, 0) is 6.42 Å². The van der Waals surface area contributed by atoms with Crippen molar-refractivity contribution in [2.75, 3.05) is 13.1 Å². The molecule has 1 atom stereocenters. The first kappa shape index (κ1) is 21.4. The SMILES string of the molecule is C=CC1=C(C(=C)C)CNCC(CCc2ccccc2)N1.FC(F)(F)S. The van der Waals surface area contributed by atoms with E-state index in [0.29, 0.717) is 6.04 Å². The van der Waals surface area contributed by atoms with E-state index in [2.05, 4.69) is 66.8 Å². The summed E-state index contributed by atoms with van der Waals surface area (Å²) < 4.78 is 30.7. The van der Waals surface area contributed by atoms with Crippen molar-refractivity contribution >= 4 is 12.6 Å². The highest BCUT2D eigenvalue weighted by Crippen LogP contribution is 2.17. The first-order valence-corrected chi connectivity index (χ1v) is 8.47. The number of allylic oxidation sites excluding steroid dienone is 1. The molecule has 1 heterocycles. The standard InChI is InChI=1S/C18H24N2.CHF3S/c1-4-18-17(14(2)3)13-19-12-16(20-18)11-10-15-8-6-5-7-9-15;2-1(3,4)5/h4-9,16,19-20H,1-2,10-13H2,3H3;5H. The van der Waals surface area contributed by atoms with E-state index >= 15 is 0 Å². The van der Waals surface area contributed by atoms with Crippen molar-refractivity contribution in [3.05, 3.63) is 72.0 Å². The number of rotatable bonds is 5. The quantitative estimate of drug-likeness (QED) is 0.658. The molecule has 1 unspecified atom stereocenters. The van der Waals surface area contributed by atoms with Crippen molar-refractivity contribution in [1.29, 1.82) is 0 Å². The molecule has 2 N–H and O–H groups in total. The molecule has 1 aromatic rings. The van der Waals surface area contributed by atoms with Crippen molar-refractivity contribution in [2.24, 2.45) is 0 Å². The van der Waals surface area contributed by atoms with Crippen molar-refractivity contribution in [1.82, 2.24) is 10.6 Å². The minimum atomic E-state index is -4.31. The predicted molar refractivity (Wildman–Crippen MR) is 102 cm³/mol. The Morgan fingerprint density at radius 2 is 1.92 bits per heavy atom. The van der Waals surface area contributed by atoms with Gasteiger partial charge in [0.15, 0.2) is 0 Å². The number of halogens is 3. The summed E-state index contributed by atoms with van der Waals surface area (Å²) in [5.74, 6) is 0. The molecule has 0 fully saturated rings. The lowest BCUT2D eigenvalue weighted by Crippen LogP contribution is -2.35. The molecule has 0 aliphatic carbocycles. The zero-order chi connectivity index (χ0) is 18.9. The maximum absolute atomic E-state index is 10.2. The van der Waals surface area contributed by atoms with E-state index in [4.69, 9.17) is 0 Å². The third-order valence-corrected chi connectivity index (χ3v) is 3.72. The van der Waals surface area contributed by atoms with E-state index < -0.39 is 5.51 Å². The number of thiol groups is 1. The molecule has 1 aromatic carbocycles. The van der Waals surface area contributed by atoms with Crippen molar-refractivity contribution < 1.29 is 13.2 Å². The third kappa shape index (κ3) is 9.41. The van der Waals surface area contributed by atoms with E-state index in [1.165, 1.54) is 11.1 Å². The van der Waals surface area contributed by atoms with Crippen LogP contribution in [0, 0.1) is 0 Å². The highest BCUT2D eigenvalue weighted by atomic mass is 32.1. The monoisotopic (exact) mass is 370 g/mol. The molecule has 138 valence electrons. The molecule has 0 aromatic heterocycles. The molecule has 0 bridgehead atoms. The zero-order valence-corrected chi connectivity index (χ0v) is 15.3. The van der Waals surface area contributed by atoms with Gasteiger partial charge in [0, 0.05) is 24.8 Å². The number of alkyl halides is 3. The van der Waals surface area contributed by atoms with Crippen LogP contribution in [0.25, 0.3) is 0 Å². The Hall–Kier alpha value is -1.66. The van der Waals surface area contributed by atoms with Crippen LogP contribution in [0.4, 0.5) is 13.2 Å². The first-order valence-electron chi connectivity index (χ1n) is 8.02. The molecular weight excluding hydrogens is 345 g/mol. The Morgan fingerprint density at radius 1 is 1.32 bits per heavy atom. The minimum absolute atomic E-state index is 0.431. The Morgan fingerprint density at radius 3 is 2.44 bits per heavy atom. The van der Waals surface area contributed by atoms with E-state index in [1.807, 2.05) is 13.0 Å². The maximum atomic E-state index is 10.2. The Labute approximate surface area is 153 Å². The van der Waals surface area contributed by atoms with Crippen LogP contribution < -0.4 is 10.6 Å². The second-order valence-electron chi connectivity index (χ2n) is 5.84. The third-order valence-electron chi connectivity index (χ3n) is 3.72. The normalized spacial score (nSPS) is 17.7. The second kappa shape index (κ2) is 10.4. The van der Waals surface area contributed by atoms with Gasteiger partial charge in [0.1, 0.15) is 0 Å². The van der Waals surface area contributed by atoms with Gasteiger partial charge in [-0.2, -0.15) is 13.2 Å². The fraction of sp³-hybridized carbons (Fsp3) is 0.368. The summed E-state index contributed by atoms with van der Waals surface area (Å²) in [7, 11) is 0. The van der Waals surface area contributed by atoms with Gasteiger partial charge < -0.3 is 10.6 Å². The summed E-state index contributed by atoms with van der Waals surface area (Å²) in [6.45, 7) is 11.9. The van der Waals surface area contributed by atoms with Gasteiger partial charge in [0.25, 0.3) is 0 Å². The van der Waals surface area contributed by atoms with Gasteiger partial charge in [-0.3, -0.25) is 0 Å². The zero-order valence-electron chi connectivity index (χ0n) is 14.4. The summed E-state index contributed by atoms with van der Waals surface area (Å²) in [6.07, 6.45) is 4.11. The van der Waals surface area contributed by atoms with Gasteiger partial charge in [0.2, 0.25) is 0 Å². The lowest BCUT2D eigenvalue weighted by atomic mass is 10.0. The van der Waals surface area contributed by atoms with Crippen LogP contribution in [0.5, 0.6) is 0 Å². The lowest BCUT2D eigenvalue weighted by Gasteiger charge is -2.18. The summed E-state index contributed by atoms with van der Waals surface area (Å²) in [4.78, 5) is 0. The van der Waals surface area contributed by atoms with Crippen molar-refractivity contribution in [2.45, 2.75) is 31.3 Å². The molecule has 0 amide bonds. The van der Waals surface area contributed by atoms with E-state index in [1.54, 1.807) is 0 Å². The average molecular weight is 370 g/mol. The first-order chi connectivity index (χ1) is 11.7. The van der Waals surface area contributed by atoms with Crippen LogP contribution >= 0.6 is 12.6 Å². The van der Waals surface area contributed by atoms with Gasteiger partial charge in [0.05, 0.1) is 0 Å². The largest absolute Gasteiger partial charge is 0.438 e. The summed E-state index contributed by atoms with van der Waals surface area (Å²) in [5.41, 5.74) is 0.550. The minimum Gasteiger partial charge on any atom is -0.381 e. The van der Waals surface area contributed by atoms with E-state index in [9.17, 15) is 13.2 Å². The fourth-order valence-corrected chi connectivity index (χ4v) is 2.55. The van der Waals surface area contributed by atoms with Crippen LogP contribution in [-0.4, -0.2) is 24.6 Å². The number of nitrogens with one attached hydrogen (secondary N) is 2. The summed E-state index contributed by atoms with van der Waals surface area (Å²) in [6, 6.07) is 11.1. The van der Waals surface area contributed by atoms with Crippen LogP contribution in [0.15, 0.2) is 66.4 Å². The van der Waals surface area contributed by atoms with Crippen LogP contribution in [0.2, 0.25) is 0 Å². The Balaban J connectivity index is 0.000000550. The molecule has 6 heteroatoms. The average Bonchev–Trinajstić information content (AvgIpc) is 2.74. The number of hydrogen-bond donors (Lipinski definition) is 3. The van der Waals surface area contributed by atoms with Crippen molar-refractivity contribution in [3.63, 3.8) is 0 Å². The number of benzene rings is 1. The Bertz CT molecular complexity index is 588. The van der Waals surface area contributed by atoms with Gasteiger partial charge >= 0.3 is 5.51 Å². The van der Waals surface area contributed by atoms with E-state index in [0.717, 1.165) is 37.2 Å². The molecule has 0 saturated heterocycles. The van der Waals surface area contributed by atoms with Gasteiger partial charge in [-0.1, -0.05) is 61.7 Å². The van der Waals surface area contributed by atoms with Gasteiger partial charge in [-0.15, -0.1) is 0 Å².